The van der Waals surface area contributed by atoms with Crippen molar-refractivity contribution in [3.63, 3.8) is 0 Å². The van der Waals surface area contributed by atoms with Gasteiger partial charge in [-0.25, -0.2) is 0 Å². The van der Waals surface area contributed by atoms with Crippen LogP contribution in [0.1, 0.15) is 20.3 Å². The van der Waals surface area contributed by atoms with Gasteiger partial charge in [0.15, 0.2) is 0 Å². The molecule has 1 fully saturated rings. The quantitative estimate of drug-likeness (QED) is 0.803. The lowest BCUT2D eigenvalue weighted by molar-refractivity contribution is -0.136. The van der Waals surface area contributed by atoms with Gasteiger partial charge in [-0.2, -0.15) is 0 Å². The fourth-order valence-corrected chi connectivity index (χ4v) is 2.56. The summed E-state index contributed by atoms with van der Waals surface area (Å²) in [4.78, 5) is 28.2. The van der Waals surface area contributed by atoms with Crippen LogP contribution in [0.3, 0.4) is 0 Å². The molecule has 1 aliphatic rings. The van der Waals surface area contributed by atoms with Gasteiger partial charge in [0, 0.05) is 44.1 Å². The summed E-state index contributed by atoms with van der Waals surface area (Å²) in [5, 5.41) is 5.28. The maximum absolute atomic E-state index is 11.9. The second-order valence-electron chi connectivity index (χ2n) is 6.73. The second-order valence-corrected chi connectivity index (χ2v) is 6.73. The van der Waals surface area contributed by atoms with Crippen LogP contribution in [0.25, 0.3) is 0 Å². The average Bonchev–Trinajstić information content (AvgIpc) is 2.56. The molecule has 0 aliphatic carbocycles. The SMILES string of the molecule is CC(C)CCNC(=O)C(=O)Nc1ccc(N2CCN(C)CC2)cc1. The molecule has 132 valence electrons. The summed E-state index contributed by atoms with van der Waals surface area (Å²) < 4.78 is 0. The minimum atomic E-state index is -0.619. The van der Waals surface area contributed by atoms with E-state index in [4.69, 9.17) is 0 Å². The largest absolute Gasteiger partial charge is 0.369 e. The van der Waals surface area contributed by atoms with E-state index in [0.29, 0.717) is 18.2 Å². The van der Waals surface area contributed by atoms with Crippen LogP contribution in [0.15, 0.2) is 24.3 Å². The molecule has 2 N–H and O–H groups in total. The Hall–Kier alpha value is -2.08. The molecule has 0 unspecified atom stereocenters. The Morgan fingerprint density at radius 3 is 2.25 bits per heavy atom. The molecule has 0 spiro atoms. The molecule has 2 amide bonds. The van der Waals surface area contributed by atoms with Crippen LogP contribution >= 0.6 is 0 Å². The number of carbonyl (C=O) groups excluding carboxylic acids is 2. The number of amides is 2. The first-order valence-corrected chi connectivity index (χ1v) is 8.58. The number of carbonyl (C=O) groups is 2. The van der Waals surface area contributed by atoms with E-state index in [0.717, 1.165) is 38.3 Å². The maximum Gasteiger partial charge on any atom is 0.313 e. The van der Waals surface area contributed by atoms with Crippen LogP contribution in [0.4, 0.5) is 11.4 Å². The van der Waals surface area contributed by atoms with E-state index in [9.17, 15) is 9.59 Å². The third kappa shape index (κ3) is 5.53. The highest BCUT2D eigenvalue weighted by Gasteiger charge is 2.15. The first kappa shape index (κ1) is 18.3. The molecule has 0 atom stereocenters. The molecule has 2 rings (SSSR count). The van der Waals surface area contributed by atoms with Crippen molar-refractivity contribution in [2.24, 2.45) is 5.92 Å². The fourth-order valence-electron chi connectivity index (χ4n) is 2.56. The zero-order chi connectivity index (χ0) is 17.5. The van der Waals surface area contributed by atoms with Gasteiger partial charge in [0.05, 0.1) is 0 Å². The number of nitrogens with one attached hydrogen (secondary N) is 2. The van der Waals surface area contributed by atoms with Crippen LogP contribution in [0.2, 0.25) is 0 Å². The third-order valence-electron chi connectivity index (χ3n) is 4.21. The molecule has 1 heterocycles. The molecule has 1 aromatic rings. The summed E-state index contributed by atoms with van der Waals surface area (Å²) in [6.07, 6.45) is 0.860. The highest BCUT2D eigenvalue weighted by atomic mass is 16.2. The summed E-state index contributed by atoms with van der Waals surface area (Å²) in [5.41, 5.74) is 1.78. The summed E-state index contributed by atoms with van der Waals surface area (Å²) in [6, 6.07) is 7.65. The summed E-state index contributed by atoms with van der Waals surface area (Å²) in [5.74, 6) is -0.708. The normalized spacial score (nSPS) is 15.4. The van der Waals surface area contributed by atoms with Gasteiger partial charge in [0.1, 0.15) is 0 Å². The lowest BCUT2D eigenvalue weighted by Crippen LogP contribution is -2.44. The van der Waals surface area contributed by atoms with Crippen LogP contribution in [0.5, 0.6) is 0 Å². The monoisotopic (exact) mass is 332 g/mol. The summed E-state index contributed by atoms with van der Waals surface area (Å²) >= 11 is 0. The van der Waals surface area contributed by atoms with Crippen LogP contribution in [0, 0.1) is 5.92 Å². The minimum absolute atomic E-state index is 0.496. The third-order valence-corrected chi connectivity index (χ3v) is 4.21. The first-order chi connectivity index (χ1) is 11.5. The number of benzene rings is 1. The average molecular weight is 332 g/mol. The van der Waals surface area contributed by atoms with Gasteiger partial charge in [0.2, 0.25) is 0 Å². The van der Waals surface area contributed by atoms with Crippen molar-refractivity contribution in [3.05, 3.63) is 24.3 Å². The lowest BCUT2D eigenvalue weighted by atomic mass is 10.1. The Kier molecular flexibility index (Phi) is 6.61. The molecule has 0 saturated carbocycles. The predicted molar refractivity (Wildman–Crippen MR) is 97.2 cm³/mol. The smallest absolute Gasteiger partial charge is 0.313 e. The molecule has 0 bridgehead atoms. The molecular formula is C18H28N4O2. The number of hydrogen-bond acceptors (Lipinski definition) is 4. The molecule has 1 aromatic carbocycles. The van der Waals surface area contributed by atoms with Crippen molar-refractivity contribution in [3.8, 4) is 0 Å². The van der Waals surface area contributed by atoms with Gasteiger partial charge in [-0.1, -0.05) is 13.8 Å². The van der Waals surface area contributed by atoms with E-state index in [1.165, 1.54) is 0 Å². The van der Waals surface area contributed by atoms with Crippen molar-refractivity contribution in [2.75, 3.05) is 50.0 Å². The van der Waals surface area contributed by atoms with Crippen molar-refractivity contribution in [2.45, 2.75) is 20.3 Å². The molecule has 24 heavy (non-hydrogen) atoms. The fraction of sp³-hybridized carbons (Fsp3) is 0.556. The van der Waals surface area contributed by atoms with Crippen molar-refractivity contribution in [1.82, 2.24) is 10.2 Å². The Balaban J connectivity index is 1.82. The van der Waals surface area contributed by atoms with Gasteiger partial charge >= 0.3 is 11.8 Å². The number of piperazine rings is 1. The number of likely N-dealkylation sites (N-methyl/N-ethyl adjacent to an activating group) is 1. The van der Waals surface area contributed by atoms with Crippen LogP contribution in [-0.2, 0) is 9.59 Å². The molecular weight excluding hydrogens is 304 g/mol. The van der Waals surface area contributed by atoms with Gasteiger partial charge in [-0.15, -0.1) is 0 Å². The van der Waals surface area contributed by atoms with E-state index in [2.05, 4.69) is 41.3 Å². The number of rotatable bonds is 5. The first-order valence-electron chi connectivity index (χ1n) is 8.58. The second kappa shape index (κ2) is 8.68. The zero-order valence-electron chi connectivity index (χ0n) is 14.8. The van der Waals surface area contributed by atoms with Crippen molar-refractivity contribution < 1.29 is 9.59 Å². The summed E-state index contributed by atoms with van der Waals surface area (Å²) in [6.45, 7) is 8.78. The highest BCUT2D eigenvalue weighted by Crippen LogP contribution is 2.19. The number of anilines is 2. The molecule has 1 aliphatic heterocycles. The van der Waals surface area contributed by atoms with Crippen molar-refractivity contribution >= 4 is 23.2 Å². The molecule has 0 aromatic heterocycles. The van der Waals surface area contributed by atoms with E-state index < -0.39 is 11.8 Å². The van der Waals surface area contributed by atoms with E-state index >= 15 is 0 Å². The Morgan fingerprint density at radius 2 is 1.67 bits per heavy atom. The summed E-state index contributed by atoms with van der Waals surface area (Å²) in [7, 11) is 2.13. The predicted octanol–water partition coefficient (Wildman–Crippen LogP) is 1.54. The maximum atomic E-state index is 11.9. The minimum Gasteiger partial charge on any atom is -0.369 e. The van der Waals surface area contributed by atoms with E-state index in [1.807, 2.05) is 24.3 Å². The van der Waals surface area contributed by atoms with Crippen LogP contribution < -0.4 is 15.5 Å². The molecule has 1 saturated heterocycles. The van der Waals surface area contributed by atoms with Gasteiger partial charge < -0.3 is 20.4 Å². The van der Waals surface area contributed by atoms with Gasteiger partial charge in [0.25, 0.3) is 0 Å². The number of nitrogens with zero attached hydrogens (tertiary/aromatic N) is 2. The topological polar surface area (TPSA) is 64.7 Å². The lowest BCUT2D eigenvalue weighted by Gasteiger charge is -2.34. The van der Waals surface area contributed by atoms with E-state index in [1.54, 1.807) is 0 Å². The van der Waals surface area contributed by atoms with Gasteiger partial charge in [-0.05, 0) is 43.7 Å². The standard InChI is InChI=1S/C18H28N4O2/c1-14(2)8-9-19-17(23)18(24)20-15-4-6-16(7-5-15)22-12-10-21(3)11-13-22/h4-7,14H,8-13H2,1-3H3,(H,19,23)(H,20,24). The Morgan fingerprint density at radius 1 is 1.04 bits per heavy atom. The zero-order valence-corrected chi connectivity index (χ0v) is 14.8. The molecule has 0 radical (unpaired) electrons. The van der Waals surface area contributed by atoms with Crippen molar-refractivity contribution in [1.29, 1.82) is 0 Å². The number of hydrogen-bond donors (Lipinski definition) is 2. The Bertz CT molecular complexity index is 549. The Labute approximate surface area is 144 Å². The molecule has 6 nitrogen and oxygen atoms in total. The van der Waals surface area contributed by atoms with E-state index in [-0.39, 0.29) is 0 Å². The van der Waals surface area contributed by atoms with Gasteiger partial charge in [-0.3, -0.25) is 9.59 Å². The highest BCUT2D eigenvalue weighted by molar-refractivity contribution is 6.39. The van der Waals surface area contributed by atoms with Crippen LogP contribution in [-0.4, -0.2) is 56.5 Å². The molecule has 6 heteroatoms.